The van der Waals surface area contributed by atoms with Gasteiger partial charge in [0.15, 0.2) is 0 Å². The van der Waals surface area contributed by atoms with Crippen molar-refractivity contribution in [2.45, 2.75) is 25.6 Å². The van der Waals surface area contributed by atoms with Crippen molar-refractivity contribution >= 4 is 23.4 Å². The predicted molar refractivity (Wildman–Crippen MR) is 138 cm³/mol. The molecule has 4 rings (SSSR count). The second-order valence-corrected chi connectivity index (χ2v) is 8.72. The largest absolute Gasteiger partial charge is 0.497 e. The van der Waals surface area contributed by atoms with Crippen molar-refractivity contribution in [1.82, 2.24) is 10.2 Å². The molecule has 184 valence electrons. The van der Waals surface area contributed by atoms with Crippen LogP contribution in [0, 0.1) is 0 Å². The van der Waals surface area contributed by atoms with Gasteiger partial charge in [-0.1, -0.05) is 66.2 Å². The molecule has 0 saturated heterocycles. The third-order valence-corrected chi connectivity index (χ3v) is 6.05. The van der Waals surface area contributed by atoms with E-state index in [1.165, 1.54) is 0 Å². The van der Waals surface area contributed by atoms with E-state index in [-0.39, 0.29) is 31.3 Å². The molecule has 0 fully saturated rings. The first-order chi connectivity index (χ1) is 17.5. The lowest BCUT2D eigenvalue weighted by Gasteiger charge is -2.32. The minimum absolute atomic E-state index is 0.127. The Balaban J connectivity index is 1.67. The first-order valence-corrected chi connectivity index (χ1v) is 11.9. The summed E-state index contributed by atoms with van der Waals surface area (Å²) >= 11 is 6.03. The monoisotopic (exact) mass is 502 g/mol. The summed E-state index contributed by atoms with van der Waals surface area (Å²) in [6.07, 6.45) is 1.68. The van der Waals surface area contributed by atoms with Crippen LogP contribution in [-0.2, 0) is 29.1 Å². The second kappa shape index (κ2) is 12.1. The normalized spacial score (nSPS) is 11.5. The van der Waals surface area contributed by atoms with E-state index in [2.05, 4.69) is 5.32 Å². The van der Waals surface area contributed by atoms with E-state index in [1.54, 1.807) is 42.5 Å². The van der Waals surface area contributed by atoms with Gasteiger partial charge in [-0.2, -0.15) is 0 Å². The molecule has 7 heteroatoms. The average molecular weight is 503 g/mol. The summed E-state index contributed by atoms with van der Waals surface area (Å²) in [6, 6.07) is 26.6. The summed E-state index contributed by atoms with van der Waals surface area (Å²) in [7, 11) is 1.60. The van der Waals surface area contributed by atoms with Gasteiger partial charge in [-0.25, -0.2) is 0 Å². The molecule has 3 aromatic carbocycles. The van der Waals surface area contributed by atoms with Gasteiger partial charge >= 0.3 is 0 Å². The van der Waals surface area contributed by atoms with Gasteiger partial charge in [-0.3, -0.25) is 9.59 Å². The van der Waals surface area contributed by atoms with Crippen molar-refractivity contribution < 1.29 is 18.7 Å². The number of nitrogens with zero attached hydrogens (tertiary/aromatic N) is 1. The van der Waals surface area contributed by atoms with Crippen molar-refractivity contribution in [3.8, 4) is 5.75 Å². The molecule has 2 amide bonds. The molecule has 1 heterocycles. The minimum atomic E-state index is -0.844. The molecule has 1 atom stereocenters. The van der Waals surface area contributed by atoms with E-state index in [0.717, 1.165) is 11.1 Å². The molecule has 36 heavy (non-hydrogen) atoms. The molecule has 0 aliphatic carbocycles. The highest BCUT2D eigenvalue weighted by Gasteiger charge is 2.31. The Morgan fingerprint density at radius 1 is 0.917 bits per heavy atom. The van der Waals surface area contributed by atoms with E-state index in [1.807, 2.05) is 66.7 Å². The molecule has 0 radical (unpaired) electrons. The SMILES string of the molecule is COc1ccc(CN(C(=O)Cc2ccc(Cl)cc2)[C@H](C(=O)NCc2ccco2)c2ccccc2)cc1. The van der Waals surface area contributed by atoms with Gasteiger partial charge in [0.1, 0.15) is 17.6 Å². The van der Waals surface area contributed by atoms with Gasteiger partial charge in [-0.15, -0.1) is 0 Å². The molecular formula is C29H27ClN2O4. The number of halogens is 1. The van der Waals surface area contributed by atoms with Gasteiger partial charge in [0.2, 0.25) is 11.8 Å². The molecule has 0 aliphatic rings. The van der Waals surface area contributed by atoms with Gasteiger partial charge in [0.05, 0.1) is 26.3 Å². The van der Waals surface area contributed by atoms with Gasteiger partial charge < -0.3 is 19.4 Å². The van der Waals surface area contributed by atoms with Gasteiger partial charge in [-0.05, 0) is 53.1 Å². The maximum Gasteiger partial charge on any atom is 0.247 e. The molecule has 6 nitrogen and oxygen atoms in total. The number of hydrogen-bond acceptors (Lipinski definition) is 4. The number of furan rings is 1. The maximum atomic E-state index is 13.7. The fraction of sp³-hybridized carbons (Fsp3) is 0.172. The first kappa shape index (κ1) is 25.1. The number of methoxy groups -OCH3 is 1. The van der Waals surface area contributed by atoms with Gasteiger partial charge in [0.25, 0.3) is 0 Å². The van der Waals surface area contributed by atoms with Crippen molar-refractivity contribution in [3.05, 3.63) is 125 Å². The van der Waals surface area contributed by atoms with Crippen LogP contribution in [0.4, 0.5) is 0 Å². The first-order valence-electron chi connectivity index (χ1n) is 11.6. The third-order valence-electron chi connectivity index (χ3n) is 5.79. The summed E-state index contributed by atoms with van der Waals surface area (Å²) in [5, 5.41) is 3.53. The van der Waals surface area contributed by atoms with Crippen LogP contribution in [0.15, 0.2) is 102 Å². The molecule has 0 bridgehead atoms. The van der Waals surface area contributed by atoms with Crippen LogP contribution in [-0.4, -0.2) is 23.8 Å². The molecule has 0 spiro atoms. The zero-order valence-corrected chi connectivity index (χ0v) is 20.7. The van der Waals surface area contributed by atoms with Crippen LogP contribution in [0.25, 0.3) is 0 Å². The molecule has 0 aliphatic heterocycles. The number of carbonyl (C=O) groups excluding carboxylic acids is 2. The Bertz CT molecular complexity index is 1260. The lowest BCUT2D eigenvalue weighted by molar-refractivity contribution is -0.141. The number of carbonyl (C=O) groups is 2. The molecule has 1 N–H and O–H groups in total. The lowest BCUT2D eigenvalue weighted by atomic mass is 10.0. The lowest BCUT2D eigenvalue weighted by Crippen LogP contribution is -2.43. The maximum absolute atomic E-state index is 13.7. The van der Waals surface area contributed by atoms with Crippen LogP contribution >= 0.6 is 11.6 Å². The molecule has 0 saturated carbocycles. The Morgan fingerprint density at radius 3 is 2.25 bits per heavy atom. The van der Waals surface area contributed by atoms with Gasteiger partial charge in [0, 0.05) is 11.6 Å². The summed E-state index contributed by atoms with van der Waals surface area (Å²) in [6.45, 7) is 0.459. The number of ether oxygens (including phenoxy) is 1. The molecule has 0 unspecified atom stereocenters. The van der Waals surface area contributed by atoms with Crippen molar-refractivity contribution in [1.29, 1.82) is 0 Å². The van der Waals surface area contributed by atoms with Crippen molar-refractivity contribution in [2.24, 2.45) is 0 Å². The van der Waals surface area contributed by atoms with Crippen molar-refractivity contribution in [3.63, 3.8) is 0 Å². The third kappa shape index (κ3) is 6.55. The fourth-order valence-corrected chi connectivity index (χ4v) is 4.05. The van der Waals surface area contributed by atoms with Crippen LogP contribution in [0.5, 0.6) is 5.75 Å². The highest BCUT2D eigenvalue weighted by Crippen LogP contribution is 2.26. The van der Waals surface area contributed by atoms with E-state index < -0.39 is 6.04 Å². The quantitative estimate of drug-likeness (QED) is 0.308. The van der Waals surface area contributed by atoms with Crippen LogP contribution in [0.1, 0.15) is 28.5 Å². The number of hydrogen-bond donors (Lipinski definition) is 1. The van der Waals surface area contributed by atoms with Crippen molar-refractivity contribution in [2.75, 3.05) is 7.11 Å². The van der Waals surface area contributed by atoms with E-state index in [0.29, 0.717) is 22.1 Å². The average Bonchev–Trinajstić information content (AvgIpc) is 3.43. The van der Waals surface area contributed by atoms with Crippen LogP contribution in [0.2, 0.25) is 5.02 Å². The summed E-state index contributed by atoms with van der Waals surface area (Å²) in [5.74, 6) is 0.864. The van der Waals surface area contributed by atoms with E-state index >= 15 is 0 Å². The summed E-state index contributed by atoms with van der Waals surface area (Å²) < 4.78 is 10.6. The fourth-order valence-electron chi connectivity index (χ4n) is 3.92. The summed E-state index contributed by atoms with van der Waals surface area (Å²) in [5.41, 5.74) is 2.40. The Morgan fingerprint density at radius 2 is 1.61 bits per heavy atom. The smallest absolute Gasteiger partial charge is 0.247 e. The zero-order valence-electron chi connectivity index (χ0n) is 19.9. The topological polar surface area (TPSA) is 71.8 Å². The van der Waals surface area contributed by atoms with E-state index in [4.69, 9.17) is 20.8 Å². The van der Waals surface area contributed by atoms with Crippen LogP contribution in [0.3, 0.4) is 0 Å². The number of rotatable bonds is 10. The predicted octanol–water partition coefficient (Wildman–Crippen LogP) is 5.57. The second-order valence-electron chi connectivity index (χ2n) is 8.28. The Hall–Kier alpha value is -4.03. The minimum Gasteiger partial charge on any atom is -0.497 e. The van der Waals surface area contributed by atoms with Crippen LogP contribution < -0.4 is 10.1 Å². The van der Waals surface area contributed by atoms with E-state index in [9.17, 15) is 9.59 Å². The number of amides is 2. The highest BCUT2D eigenvalue weighted by atomic mass is 35.5. The Kier molecular flexibility index (Phi) is 8.42. The summed E-state index contributed by atoms with van der Waals surface area (Å²) in [4.78, 5) is 28.9. The molecule has 1 aromatic heterocycles. The highest BCUT2D eigenvalue weighted by molar-refractivity contribution is 6.30. The standard InChI is InChI=1S/C29H27ClN2O4/c1-35-25-15-11-22(12-16-25)20-32(27(33)18-21-9-13-24(30)14-10-21)28(23-6-3-2-4-7-23)29(34)31-19-26-8-5-17-36-26/h2-17,28H,18-20H2,1H3,(H,31,34)/t28-/m0/s1. The number of benzene rings is 3. The zero-order chi connectivity index (χ0) is 25.3. The molecule has 4 aromatic rings. The molecular weight excluding hydrogens is 476 g/mol. The number of nitrogens with one attached hydrogen (secondary N) is 1. The Labute approximate surface area is 215 Å².